The number of rotatable bonds is 22. The Morgan fingerprint density at radius 1 is 0.615 bits per heavy atom. The van der Waals surface area contributed by atoms with Gasteiger partial charge in [-0.1, -0.05) is 0 Å². The SMILES string of the molecule is CC(O)C(C)O.CC(O)C(C)OC(=O)Oc1ccc([N+](=O)[O-])cc1.CC(O)C(C)OC(N)=O.COCCNCCOC.NCCOCCOCCN.O=C(Cl)Oc1ccc([N+](=O)[O-])cc1. The standard InChI is InChI=1S/C11H13NO6.C7H4ClNO4.C6H16N2O2.C6H15NO2.C5H11NO3.C4H10O2/c1-7(13)8(2)17-11(14)18-10-5-3-9(4-6-10)12(15)16;8-7(10)13-6-3-1-5(2-4-6)9(11)12;7-1-3-9-5-6-10-4-2-8;1-8-5-3-7-4-6-9-2;1-3(7)4(2)9-5(6)8;1-3(5)4(2)6/h3-8,13H,1-2H3;1-4H;1-8H2;7H,3-6H2,1-2H3;3-4,7H,1-2H3,(H2,6,8);3-6H,1-2H3. The number of nitro benzene ring substituents is 2. The summed E-state index contributed by atoms with van der Waals surface area (Å²) in [4.78, 5) is 51.0. The maximum absolute atomic E-state index is 11.3. The molecule has 65 heavy (non-hydrogen) atoms. The van der Waals surface area contributed by atoms with Gasteiger partial charge in [0.05, 0.1) is 73.9 Å². The van der Waals surface area contributed by atoms with Gasteiger partial charge in [0, 0.05) is 76.3 Å². The van der Waals surface area contributed by atoms with E-state index >= 15 is 0 Å². The molecule has 0 saturated heterocycles. The monoisotopic (exact) mass is 960 g/mol. The summed E-state index contributed by atoms with van der Waals surface area (Å²) in [6, 6.07) is 10.0. The second kappa shape index (κ2) is 44.3. The molecule has 6 unspecified atom stereocenters. The fraction of sp³-hybridized carbons (Fsp3) is 0.615. The normalized spacial score (nSPS) is 12.7. The minimum Gasteiger partial charge on any atom is -0.444 e. The molecule has 0 heterocycles. The molecule has 0 bridgehead atoms. The molecule has 0 fully saturated rings. The van der Waals surface area contributed by atoms with Gasteiger partial charge in [-0.2, -0.15) is 0 Å². The Hall–Kier alpha value is -4.90. The largest absolute Gasteiger partial charge is 0.514 e. The average molecular weight is 961 g/mol. The molecule has 1 amide bonds. The van der Waals surface area contributed by atoms with E-state index in [2.05, 4.69) is 20.5 Å². The highest BCUT2D eigenvalue weighted by Gasteiger charge is 2.16. The summed E-state index contributed by atoms with van der Waals surface area (Å²) in [7, 11) is 3.38. The van der Waals surface area contributed by atoms with Gasteiger partial charge in [-0.3, -0.25) is 20.2 Å². The van der Waals surface area contributed by atoms with Crippen LogP contribution >= 0.6 is 11.6 Å². The van der Waals surface area contributed by atoms with Gasteiger partial charge in [0.1, 0.15) is 23.7 Å². The third kappa shape index (κ3) is 46.9. The number of hydrogen-bond acceptors (Lipinski definition) is 22. The van der Waals surface area contributed by atoms with Gasteiger partial charge < -0.3 is 80.8 Å². The first-order chi connectivity index (χ1) is 30.5. The number of aliphatic hydroxyl groups is 4. The van der Waals surface area contributed by atoms with E-state index in [1.54, 1.807) is 35.0 Å². The van der Waals surface area contributed by atoms with Crippen LogP contribution in [0.4, 0.5) is 25.8 Å². The minimum atomic E-state index is -0.978. The second-order valence-corrected chi connectivity index (χ2v) is 13.0. The predicted octanol–water partition coefficient (Wildman–Crippen LogP) is 2.62. The lowest BCUT2D eigenvalue weighted by molar-refractivity contribution is -0.385. The first kappa shape index (κ1) is 66.7. The van der Waals surface area contributed by atoms with Crippen molar-refractivity contribution in [2.45, 2.75) is 78.2 Å². The van der Waals surface area contributed by atoms with Gasteiger partial charge in [-0.25, -0.2) is 14.4 Å². The summed E-state index contributed by atoms with van der Waals surface area (Å²) in [6.07, 6.45) is -5.72. The van der Waals surface area contributed by atoms with Crippen molar-refractivity contribution in [1.29, 1.82) is 0 Å². The number of non-ortho nitro benzene ring substituents is 2. The van der Waals surface area contributed by atoms with Gasteiger partial charge in [0.15, 0.2) is 0 Å². The maximum atomic E-state index is 11.3. The molecule has 0 aromatic heterocycles. The van der Waals surface area contributed by atoms with Gasteiger partial charge in [0.2, 0.25) is 0 Å². The number of nitrogens with zero attached hydrogens (tertiary/aromatic N) is 2. The number of ether oxygens (including phenoxy) is 8. The molecular formula is C39H69ClN6O19. The molecular weight excluding hydrogens is 892 g/mol. The zero-order valence-electron chi connectivity index (χ0n) is 38.1. The summed E-state index contributed by atoms with van der Waals surface area (Å²) < 4.78 is 38.1. The lowest BCUT2D eigenvalue weighted by atomic mass is 10.3. The van der Waals surface area contributed by atoms with Gasteiger partial charge in [-0.15, -0.1) is 0 Å². The first-order valence-corrected chi connectivity index (χ1v) is 20.1. The van der Waals surface area contributed by atoms with Crippen LogP contribution in [0, 0.1) is 20.2 Å². The molecule has 0 spiro atoms. The van der Waals surface area contributed by atoms with E-state index in [4.69, 9.17) is 71.9 Å². The Labute approximate surface area is 383 Å². The third-order valence-electron chi connectivity index (χ3n) is 7.00. The third-order valence-corrected chi connectivity index (χ3v) is 7.07. The van der Waals surface area contributed by atoms with Crippen molar-refractivity contribution in [3.63, 3.8) is 0 Å². The Morgan fingerprint density at radius 3 is 1.23 bits per heavy atom. The number of hydrogen-bond donors (Lipinski definition) is 8. The first-order valence-electron chi connectivity index (χ1n) is 19.7. The highest BCUT2D eigenvalue weighted by molar-refractivity contribution is 6.61. The minimum absolute atomic E-state index is 0.0747. The molecule has 11 N–H and O–H groups in total. The van der Waals surface area contributed by atoms with Gasteiger partial charge in [0.25, 0.3) is 11.4 Å². The van der Waals surface area contributed by atoms with E-state index in [0.29, 0.717) is 39.5 Å². The fourth-order valence-electron chi connectivity index (χ4n) is 2.98. The fourth-order valence-corrected chi connectivity index (χ4v) is 3.07. The Morgan fingerprint density at radius 2 is 0.969 bits per heavy atom. The molecule has 0 aliphatic rings. The number of benzene rings is 2. The van der Waals surface area contributed by atoms with Crippen LogP contribution in [0.25, 0.3) is 0 Å². The van der Waals surface area contributed by atoms with Crippen LogP contribution in [-0.4, -0.2) is 165 Å². The van der Waals surface area contributed by atoms with E-state index in [-0.39, 0.29) is 22.9 Å². The van der Waals surface area contributed by atoms with Crippen molar-refractivity contribution in [1.82, 2.24) is 5.32 Å². The highest BCUT2D eigenvalue weighted by atomic mass is 35.5. The molecule has 26 heteroatoms. The number of halogens is 1. The van der Waals surface area contributed by atoms with Crippen molar-refractivity contribution >= 4 is 40.7 Å². The Kier molecular flexibility index (Phi) is 45.5. The molecule has 376 valence electrons. The van der Waals surface area contributed by atoms with Crippen LogP contribution in [0.15, 0.2) is 48.5 Å². The van der Waals surface area contributed by atoms with Crippen LogP contribution < -0.4 is 32.0 Å². The van der Waals surface area contributed by atoms with Crippen molar-refractivity contribution in [3.05, 3.63) is 68.8 Å². The molecule has 0 aliphatic carbocycles. The summed E-state index contributed by atoms with van der Waals surface area (Å²) in [5.74, 6) is 0.300. The van der Waals surface area contributed by atoms with Crippen LogP contribution in [0.1, 0.15) is 41.5 Å². The van der Waals surface area contributed by atoms with E-state index in [1.165, 1.54) is 69.3 Å². The molecule has 0 saturated carbocycles. The van der Waals surface area contributed by atoms with E-state index in [9.17, 15) is 34.6 Å². The summed E-state index contributed by atoms with van der Waals surface area (Å²) >= 11 is 4.92. The van der Waals surface area contributed by atoms with Gasteiger partial charge >= 0.3 is 17.7 Å². The molecule has 2 aromatic rings. The van der Waals surface area contributed by atoms with Crippen LogP contribution in [0.5, 0.6) is 11.5 Å². The van der Waals surface area contributed by atoms with Crippen LogP contribution in [0.2, 0.25) is 0 Å². The number of nitrogens with one attached hydrogen (secondary N) is 1. The maximum Gasteiger partial charge on any atom is 0.514 e. The average Bonchev–Trinajstić information content (AvgIpc) is 3.23. The number of nitro groups is 2. The summed E-state index contributed by atoms with van der Waals surface area (Å²) in [5, 5.41) is 58.4. The number of amides is 1. The zero-order chi connectivity index (χ0) is 50.8. The van der Waals surface area contributed by atoms with E-state index in [0.717, 1.165) is 26.3 Å². The molecule has 2 rings (SSSR count). The van der Waals surface area contributed by atoms with Crippen LogP contribution in [-0.2, 0) is 28.4 Å². The zero-order valence-corrected chi connectivity index (χ0v) is 38.8. The van der Waals surface area contributed by atoms with Gasteiger partial charge in [-0.05, 0) is 65.8 Å². The Balaban J connectivity index is -0.000000356. The van der Waals surface area contributed by atoms with Crippen molar-refractivity contribution in [2.24, 2.45) is 17.2 Å². The number of nitrogens with two attached hydrogens (primary N) is 3. The molecule has 0 aliphatic heterocycles. The van der Waals surface area contributed by atoms with Crippen molar-refractivity contribution in [2.75, 3.05) is 80.0 Å². The van der Waals surface area contributed by atoms with E-state index in [1.807, 2.05) is 0 Å². The van der Waals surface area contributed by atoms with Crippen LogP contribution in [0.3, 0.4) is 0 Å². The quantitative estimate of drug-likeness (QED) is 0.0210. The number of aliphatic hydroxyl groups excluding tert-OH is 4. The lowest BCUT2D eigenvalue weighted by Crippen LogP contribution is -2.28. The topological polar surface area (TPSA) is 382 Å². The number of carbonyl (C=O) groups excluding carboxylic acids is 3. The highest BCUT2D eigenvalue weighted by Crippen LogP contribution is 2.19. The summed E-state index contributed by atoms with van der Waals surface area (Å²) in [6.45, 7) is 16.1. The van der Waals surface area contributed by atoms with Crippen molar-refractivity contribution < 1.29 is 82.6 Å². The number of carbonyl (C=O) groups is 3. The number of methoxy groups -OCH3 is 2. The molecule has 6 atom stereocenters. The predicted molar refractivity (Wildman–Crippen MR) is 238 cm³/mol. The van der Waals surface area contributed by atoms with E-state index < -0.39 is 64.1 Å². The summed E-state index contributed by atoms with van der Waals surface area (Å²) in [5.41, 5.74) is 13.9. The van der Waals surface area contributed by atoms with Crippen molar-refractivity contribution in [3.8, 4) is 11.5 Å². The Bertz CT molecular complexity index is 1470. The molecule has 2 aromatic carbocycles. The number of primary amides is 1. The molecule has 25 nitrogen and oxygen atoms in total. The molecule has 0 radical (unpaired) electrons. The smallest absolute Gasteiger partial charge is 0.444 e. The lowest BCUT2D eigenvalue weighted by Gasteiger charge is -2.15. The second-order valence-electron chi connectivity index (χ2n) is 12.7.